The zero-order chi connectivity index (χ0) is 20.6. The van der Waals surface area contributed by atoms with Gasteiger partial charge in [0.2, 0.25) is 11.8 Å². The Kier molecular flexibility index (Phi) is 7.83. The third-order valence-corrected chi connectivity index (χ3v) is 6.32. The SMILES string of the molecule is CCCC(=O)N(CCCOC)CC(=O)N1CCc2sccc2[C@@H]1c1ccccc1. The number of amides is 2. The maximum atomic E-state index is 13.4. The van der Waals surface area contributed by atoms with Crippen molar-refractivity contribution in [2.24, 2.45) is 0 Å². The minimum atomic E-state index is -0.0826. The second-order valence-electron chi connectivity index (χ2n) is 7.36. The summed E-state index contributed by atoms with van der Waals surface area (Å²) in [5.74, 6) is 0.0546. The molecule has 1 aromatic heterocycles. The Bertz CT molecular complexity index is 805. The lowest BCUT2D eigenvalue weighted by molar-refractivity contribution is -0.142. The predicted molar refractivity (Wildman–Crippen MR) is 116 cm³/mol. The van der Waals surface area contributed by atoms with Crippen molar-refractivity contribution in [2.75, 3.05) is 33.4 Å². The molecule has 5 nitrogen and oxygen atoms in total. The molecule has 1 aromatic carbocycles. The van der Waals surface area contributed by atoms with Crippen molar-refractivity contribution in [2.45, 2.75) is 38.6 Å². The average Bonchev–Trinajstić information content (AvgIpc) is 3.22. The van der Waals surface area contributed by atoms with Crippen LogP contribution in [-0.4, -0.2) is 55.0 Å². The Morgan fingerprint density at radius 1 is 1.24 bits per heavy atom. The number of carbonyl (C=O) groups is 2. The topological polar surface area (TPSA) is 49.9 Å². The van der Waals surface area contributed by atoms with Gasteiger partial charge >= 0.3 is 0 Å². The molecule has 0 unspecified atom stereocenters. The number of thiophene rings is 1. The smallest absolute Gasteiger partial charge is 0.242 e. The minimum Gasteiger partial charge on any atom is -0.385 e. The van der Waals surface area contributed by atoms with Gasteiger partial charge in [-0.25, -0.2) is 0 Å². The highest BCUT2D eigenvalue weighted by Crippen LogP contribution is 2.37. The van der Waals surface area contributed by atoms with E-state index in [0.29, 0.717) is 26.1 Å². The number of fused-ring (bicyclic) bond motifs is 1. The number of rotatable bonds is 9. The molecule has 0 fully saturated rings. The summed E-state index contributed by atoms with van der Waals surface area (Å²) >= 11 is 1.76. The monoisotopic (exact) mass is 414 g/mol. The van der Waals surface area contributed by atoms with Crippen LogP contribution in [-0.2, 0) is 20.7 Å². The van der Waals surface area contributed by atoms with Crippen molar-refractivity contribution in [3.8, 4) is 0 Å². The molecule has 1 aliphatic rings. The van der Waals surface area contributed by atoms with Crippen molar-refractivity contribution in [3.05, 3.63) is 57.8 Å². The standard InChI is InChI=1S/C23H30N2O3S/c1-3-8-21(26)24(13-7-15-28-2)17-22(27)25-14-11-20-19(12-16-29-20)23(25)18-9-5-4-6-10-18/h4-6,9-10,12,16,23H,3,7-8,11,13-15,17H2,1-2H3/t23-/m0/s1. The van der Waals surface area contributed by atoms with Gasteiger partial charge in [-0.2, -0.15) is 0 Å². The Morgan fingerprint density at radius 3 is 2.76 bits per heavy atom. The zero-order valence-corrected chi connectivity index (χ0v) is 18.1. The number of hydrogen-bond acceptors (Lipinski definition) is 4. The Hall–Kier alpha value is -2.18. The van der Waals surface area contributed by atoms with Gasteiger partial charge in [0.1, 0.15) is 0 Å². The number of nitrogens with zero attached hydrogens (tertiary/aromatic N) is 2. The lowest BCUT2D eigenvalue weighted by Gasteiger charge is -2.37. The first-order valence-electron chi connectivity index (χ1n) is 10.3. The number of ether oxygens (including phenoxy) is 1. The Labute approximate surface area is 177 Å². The van der Waals surface area contributed by atoms with E-state index in [2.05, 4.69) is 23.6 Å². The van der Waals surface area contributed by atoms with Crippen LogP contribution in [0.5, 0.6) is 0 Å². The van der Waals surface area contributed by atoms with Crippen molar-refractivity contribution < 1.29 is 14.3 Å². The quantitative estimate of drug-likeness (QED) is 0.585. The van der Waals surface area contributed by atoms with Gasteiger partial charge in [-0.15, -0.1) is 11.3 Å². The molecule has 29 heavy (non-hydrogen) atoms. The molecule has 0 spiro atoms. The van der Waals surface area contributed by atoms with Crippen molar-refractivity contribution in [1.82, 2.24) is 9.80 Å². The summed E-state index contributed by atoms with van der Waals surface area (Å²) in [5, 5.41) is 2.11. The molecule has 2 amide bonds. The maximum absolute atomic E-state index is 13.4. The molecular weight excluding hydrogens is 384 g/mol. The summed E-state index contributed by atoms with van der Waals surface area (Å²) in [5.41, 5.74) is 2.33. The van der Waals surface area contributed by atoms with Crippen molar-refractivity contribution >= 4 is 23.2 Å². The first kappa shape index (κ1) is 21.5. The molecule has 1 aliphatic heterocycles. The van der Waals surface area contributed by atoms with Crippen molar-refractivity contribution in [3.63, 3.8) is 0 Å². The van der Waals surface area contributed by atoms with E-state index in [4.69, 9.17) is 4.74 Å². The summed E-state index contributed by atoms with van der Waals surface area (Å²) in [6.45, 7) is 3.93. The van der Waals surface area contributed by atoms with Crippen LogP contribution >= 0.6 is 11.3 Å². The lowest BCUT2D eigenvalue weighted by atomic mass is 9.93. The van der Waals surface area contributed by atoms with Gasteiger partial charge in [0.15, 0.2) is 0 Å². The average molecular weight is 415 g/mol. The van der Waals surface area contributed by atoms with Gasteiger partial charge in [-0.1, -0.05) is 37.3 Å². The number of hydrogen-bond donors (Lipinski definition) is 0. The Morgan fingerprint density at radius 2 is 2.03 bits per heavy atom. The third-order valence-electron chi connectivity index (χ3n) is 5.32. The van der Waals surface area contributed by atoms with E-state index in [0.717, 1.165) is 24.8 Å². The molecule has 156 valence electrons. The highest BCUT2D eigenvalue weighted by molar-refractivity contribution is 7.10. The molecule has 1 atom stereocenters. The summed E-state index contributed by atoms with van der Waals surface area (Å²) in [6, 6.07) is 12.2. The van der Waals surface area contributed by atoms with Crippen LogP contribution < -0.4 is 0 Å². The zero-order valence-electron chi connectivity index (χ0n) is 17.3. The van der Waals surface area contributed by atoms with E-state index in [1.165, 1.54) is 10.4 Å². The number of benzene rings is 1. The predicted octanol–water partition coefficient (Wildman–Crippen LogP) is 3.89. The molecule has 2 aromatic rings. The molecule has 0 saturated carbocycles. The van der Waals surface area contributed by atoms with Crippen LogP contribution in [0.3, 0.4) is 0 Å². The van der Waals surface area contributed by atoms with Gasteiger partial charge in [-0.3, -0.25) is 9.59 Å². The van der Waals surface area contributed by atoms with Gasteiger partial charge < -0.3 is 14.5 Å². The van der Waals surface area contributed by atoms with Gasteiger partial charge in [0, 0.05) is 38.1 Å². The molecule has 0 bridgehead atoms. The summed E-state index contributed by atoms with van der Waals surface area (Å²) in [6.07, 6.45) is 2.85. The summed E-state index contributed by atoms with van der Waals surface area (Å²) in [4.78, 5) is 31.0. The molecule has 6 heteroatoms. The van der Waals surface area contributed by atoms with Crippen LogP contribution in [0.15, 0.2) is 41.8 Å². The molecule has 2 heterocycles. The van der Waals surface area contributed by atoms with Crippen LogP contribution in [0.1, 0.15) is 48.2 Å². The van der Waals surface area contributed by atoms with E-state index < -0.39 is 0 Å². The third kappa shape index (κ3) is 5.25. The molecule has 0 N–H and O–H groups in total. The fourth-order valence-corrected chi connectivity index (χ4v) is 4.80. The summed E-state index contributed by atoms with van der Waals surface area (Å²) < 4.78 is 5.13. The van der Waals surface area contributed by atoms with Gasteiger partial charge in [0.25, 0.3) is 0 Å². The first-order valence-corrected chi connectivity index (χ1v) is 11.2. The van der Waals surface area contributed by atoms with Crippen LogP contribution in [0, 0.1) is 0 Å². The molecular formula is C23H30N2O3S. The molecule has 0 radical (unpaired) electrons. The van der Waals surface area contributed by atoms with Crippen molar-refractivity contribution in [1.29, 1.82) is 0 Å². The number of carbonyl (C=O) groups excluding carboxylic acids is 2. The first-order chi connectivity index (χ1) is 14.2. The largest absolute Gasteiger partial charge is 0.385 e. The van der Waals surface area contributed by atoms with Crippen LogP contribution in [0.2, 0.25) is 0 Å². The van der Waals surface area contributed by atoms with Crippen LogP contribution in [0.25, 0.3) is 0 Å². The van der Waals surface area contributed by atoms with Gasteiger partial charge in [-0.05, 0) is 41.8 Å². The maximum Gasteiger partial charge on any atom is 0.242 e. The summed E-state index contributed by atoms with van der Waals surface area (Å²) in [7, 11) is 1.65. The molecule has 3 rings (SSSR count). The highest BCUT2D eigenvalue weighted by atomic mass is 32.1. The minimum absolute atomic E-state index is 0.0116. The second kappa shape index (κ2) is 10.6. The van der Waals surface area contributed by atoms with E-state index >= 15 is 0 Å². The van der Waals surface area contributed by atoms with Crippen LogP contribution in [0.4, 0.5) is 0 Å². The van der Waals surface area contributed by atoms with E-state index in [1.807, 2.05) is 30.0 Å². The molecule has 0 aliphatic carbocycles. The Balaban J connectivity index is 1.80. The van der Waals surface area contributed by atoms with E-state index in [1.54, 1.807) is 23.3 Å². The molecule has 0 saturated heterocycles. The number of methoxy groups -OCH3 is 1. The van der Waals surface area contributed by atoms with Gasteiger partial charge in [0.05, 0.1) is 12.6 Å². The van der Waals surface area contributed by atoms with E-state index in [9.17, 15) is 9.59 Å². The normalized spacial score (nSPS) is 15.8. The van der Waals surface area contributed by atoms with E-state index in [-0.39, 0.29) is 24.4 Å². The second-order valence-corrected chi connectivity index (χ2v) is 8.36. The fraction of sp³-hybridized carbons (Fsp3) is 0.478. The lowest BCUT2D eigenvalue weighted by Crippen LogP contribution is -2.47. The highest BCUT2D eigenvalue weighted by Gasteiger charge is 2.33. The fourth-order valence-electron chi connectivity index (χ4n) is 3.90.